The zero-order valence-electron chi connectivity index (χ0n) is 16.6. The third-order valence-electron chi connectivity index (χ3n) is 4.99. The zero-order chi connectivity index (χ0) is 20.4. The quantitative estimate of drug-likeness (QED) is 0.706. The molecule has 2 atom stereocenters. The van der Waals surface area contributed by atoms with E-state index in [1.165, 1.54) is 14.2 Å². The summed E-state index contributed by atoms with van der Waals surface area (Å²) < 4.78 is 18.1. The van der Waals surface area contributed by atoms with E-state index in [0.717, 1.165) is 18.5 Å². The van der Waals surface area contributed by atoms with Crippen molar-refractivity contribution in [3.63, 3.8) is 0 Å². The molecule has 1 N–H and O–H groups in total. The van der Waals surface area contributed by atoms with Crippen molar-refractivity contribution in [1.29, 1.82) is 0 Å². The van der Waals surface area contributed by atoms with Gasteiger partial charge in [-0.15, -0.1) is 0 Å². The topological polar surface area (TPSA) is 99.9 Å². The third-order valence-corrected chi connectivity index (χ3v) is 4.99. The number of methoxy groups -OCH3 is 2. The highest BCUT2D eigenvalue weighted by Crippen LogP contribution is 2.29. The molecule has 1 aliphatic heterocycles. The Morgan fingerprint density at radius 3 is 2.76 bits per heavy atom. The number of fused-ring (bicyclic) bond motifs is 1. The van der Waals surface area contributed by atoms with E-state index in [4.69, 9.17) is 14.2 Å². The first kappa shape index (κ1) is 19.1. The minimum Gasteiger partial charge on any atom is -0.480 e. The Bertz CT molecular complexity index is 1030. The average Bonchev–Trinajstić information content (AvgIpc) is 3.18. The number of nitrogens with one attached hydrogen (secondary N) is 1. The van der Waals surface area contributed by atoms with Gasteiger partial charge >= 0.3 is 0 Å². The van der Waals surface area contributed by atoms with E-state index >= 15 is 0 Å². The molecule has 29 heavy (non-hydrogen) atoms. The highest BCUT2D eigenvalue weighted by molar-refractivity contribution is 6.03. The maximum atomic E-state index is 12.8. The molecule has 3 aromatic heterocycles. The van der Waals surface area contributed by atoms with Gasteiger partial charge in [0.2, 0.25) is 11.5 Å². The smallest absolute Gasteiger partial charge is 0.276 e. The van der Waals surface area contributed by atoms with Crippen LogP contribution in [0.15, 0.2) is 30.7 Å². The average molecular weight is 397 g/mol. The van der Waals surface area contributed by atoms with Crippen molar-refractivity contribution in [1.82, 2.24) is 19.4 Å². The molecule has 1 aliphatic rings. The first-order valence-electron chi connectivity index (χ1n) is 9.44. The fraction of sp³-hybridized carbons (Fsp3) is 0.400. The number of pyridine rings is 1. The summed E-state index contributed by atoms with van der Waals surface area (Å²) in [6, 6.07) is 3.42. The molecular formula is C20H23N5O4. The predicted octanol–water partition coefficient (Wildman–Crippen LogP) is 2.68. The van der Waals surface area contributed by atoms with Crippen LogP contribution in [0.4, 0.5) is 5.69 Å². The van der Waals surface area contributed by atoms with Gasteiger partial charge in [0, 0.05) is 24.5 Å². The van der Waals surface area contributed by atoms with Crippen molar-refractivity contribution in [2.45, 2.75) is 31.8 Å². The van der Waals surface area contributed by atoms with Gasteiger partial charge in [-0.1, -0.05) is 0 Å². The van der Waals surface area contributed by atoms with Crippen molar-refractivity contribution < 1.29 is 19.0 Å². The number of hydrogen-bond acceptors (Lipinski definition) is 7. The molecule has 0 saturated carbocycles. The summed E-state index contributed by atoms with van der Waals surface area (Å²) in [5.41, 5.74) is 2.12. The molecule has 152 valence electrons. The Kier molecular flexibility index (Phi) is 5.30. The molecule has 0 spiro atoms. The van der Waals surface area contributed by atoms with E-state index in [2.05, 4.69) is 27.2 Å². The van der Waals surface area contributed by atoms with Crippen LogP contribution >= 0.6 is 0 Å². The first-order valence-corrected chi connectivity index (χ1v) is 9.44. The predicted molar refractivity (Wildman–Crippen MR) is 106 cm³/mol. The number of amides is 1. The summed E-state index contributed by atoms with van der Waals surface area (Å²) in [7, 11) is 3.00. The lowest BCUT2D eigenvalue weighted by molar-refractivity contribution is 0.0147. The lowest BCUT2D eigenvalue weighted by Crippen LogP contribution is -2.22. The standard InChI is InChI=1S/C20H23N5O4/c1-12-6-7-13(11-29-12)15-9-25-10-16(24-20(28-3)17(25)22-15)18(26)23-14-5-4-8-21-19(14)27-2/h4-5,8-10,12-13H,6-7,11H2,1-3H3,(H,23,26). The van der Waals surface area contributed by atoms with E-state index < -0.39 is 5.91 Å². The molecule has 9 heteroatoms. The van der Waals surface area contributed by atoms with Gasteiger partial charge in [0.1, 0.15) is 11.4 Å². The number of nitrogens with zero attached hydrogens (tertiary/aromatic N) is 4. The van der Waals surface area contributed by atoms with Gasteiger partial charge in [-0.3, -0.25) is 9.20 Å². The highest BCUT2D eigenvalue weighted by Gasteiger charge is 2.24. The molecule has 0 bridgehead atoms. The Hall–Kier alpha value is -3.20. The van der Waals surface area contributed by atoms with Crippen LogP contribution in [0.2, 0.25) is 0 Å². The van der Waals surface area contributed by atoms with Gasteiger partial charge < -0.3 is 19.5 Å². The second-order valence-corrected chi connectivity index (χ2v) is 6.96. The van der Waals surface area contributed by atoms with Gasteiger partial charge in [0.25, 0.3) is 11.8 Å². The largest absolute Gasteiger partial charge is 0.480 e. The molecule has 0 radical (unpaired) electrons. The molecule has 9 nitrogen and oxygen atoms in total. The van der Waals surface area contributed by atoms with E-state index in [9.17, 15) is 4.79 Å². The van der Waals surface area contributed by atoms with E-state index in [0.29, 0.717) is 23.8 Å². The molecule has 1 fully saturated rings. The molecular weight excluding hydrogens is 374 g/mol. The van der Waals surface area contributed by atoms with Crippen LogP contribution in [0.3, 0.4) is 0 Å². The van der Waals surface area contributed by atoms with Crippen molar-refractivity contribution in [2.24, 2.45) is 0 Å². The highest BCUT2D eigenvalue weighted by atomic mass is 16.5. The molecule has 0 aliphatic carbocycles. The minimum absolute atomic E-state index is 0.192. The zero-order valence-corrected chi connectivity index (χ0v) is 16.6. The summed E-state index contributed by atoms with van der Waals surface area (Å²) in [4.78, 5) is 25.9. The van der Waals surface area contributed by atoms with Crippen LogP contribution in [0.5, 0.6) is 11.8 Å². The molecule has 2 unspecified atom stereocenters. The van der Waals surface area contributed by atoms with E-state index in [1.807, 2.05) is 6.20 Å². The number of carbonyl (C=O) groups is 1. The van der Waals surface area contributed by atoms with Crippen LogP contribution in [-0.4, -0.2) is 52.2 Å². The van der Waals surface area contributed by atoms with Gasteiger partial charge in [0.05, 0.1) is 32.6 Å². The minimum atomic E-state index is -0.401. The molecule has 4 heterocycles. The summed E-state index contributed by atoms with van der Waals surface area (Å²) in [6.07, 6.45) is 7.41. The van der Waals surface area contributed by atoms with Crippen LogP contribution in [-0.2, 0) is 4.74 Å². The third kappa shape index (κ3) is 3.86. The van der Waals surface area contributed by atoms with Crippen LogP contribution < -0.4 is 14.8 Å². The lowest BCUT2D eigenvalue weighted by Gasteiger charge is -2.25. The normalized spacial score (nSPS) is 19.1. The number of hydrogen-bond donors (Lipinski definition) is 1. The number of imidazole rings is 1. The summed E-state index contributed by atoms with van der Waals surface area (Å²) in [5.74, 6) is 0.423. The Balaban J connectivity index is 1.64. The van der Waals surface area contributed by atoms with E-state index in [-0.39, 0.29) is 23.6 Å². The van der Waals surface area contributed by atoms with E-state index in [1.54, 1.807) is 28.9 Å². The maximum absolute atomic E-state index is 12.8. The van der Waals surface area contributed by atoms with Crippen LogP contribution in [0.25, 0.3) is 5.65 Å². The summed E-state index contributed by atoms with van der Waals surface area (Å²) >= 11 is 0. The SMILES string of the molecule is COc1ncccc1NC(=O)c1cn2cc(C3CCC(C)OC3)nc2c(OC)n1. The lowest BCUT2D eigenvalue weighted by atomic mass is 9.96. The molecule has 0 aromatic carbocycles. The number of ether oxygens (including phenoxy) is 3. The summed E-state index contributed by atoms with van der Waals surface area (Å²) in [5, 5.41) is 2.77. The second-order valence-electron chi connectivity index (χ2n) is 6.96. The number of carbonyl (C=O) groups excluding carboxylic acids is 1. The van der Waals surface area contributed by atoms with Crippen molar-refractivity contribution in [3.05, 3.63) is 42.1 Å². The van der Waals surface area contributed by atoms with Gasteiger partial charge in [-0.25, -0.2) is 15.0 Å². The second kappa shape index (κ2) is 8.04. The molecule has 4 rings (SSSR count). The van der Waals surface area contributed by atoms with Gasteiger partial charge in [-0.2, -0.15) is 0 Å². The molecule has 1 saturated heterocycles. The summed E-state index contributed by atoms with van der Waals surface area (Å²) in [6.45, 7) is 2.71. The first-order chi connectivity index (χ1) is 14.1. The Labute approximate surface area is 168 Å². The van der Waals surface area contributed by atoms with Crippen LogP contribution in [0.1, 0.15) is 41.9 Å². The van der Waals surface area contributed by atoms with Gasteiger partial charge in [0.15, 0.2) is 0 Å². The number of aromatic nitrogens is 4. The van der Waals surface area contributed by atoms with Crippen LogP contribution in [0, 0.1) is 0 Å². The number of rotatable bonds is 5. The van der Waals surface area contributed by atoms with Crippen molar-refractivity contribution in [3.8, 4) is 11.8 Å². The van der Waals surface area contributed by atoms with Crippen molar-refractivity contribution in [2.75, 3.05) is 26.1 Å². The fourth-order valence-electron chi connectivity index (χ4n) is 3.38. The fourth-order valence-corrected chi connectivity index (χ4v) is 3.38. The van der Waals surface area contributed by atoms with Crippen molar-refractivity contribution >= 4 is 17.2 Å². The maximum Gasteiger partial charge on any atom is 0.276 e. The molecule has 3 aromatic rings. The monoisotopic (exact) mass is 397 g/mol. The number of anilines is 1. The Morgan fingerprint density at radius 1 is 1.21 bits per heavy atom. The Morgan fingerprint density at radius 2 is 2.03 bits per heavy atom. The molecule has 1 amide bonds. The van der Waals surface area contributed by atoms with Gasteiger partial charge in [-0.05, 0) is 31.9 Å².